The predicted molar refractivity (Wildman–Crippen MR) is 132 cm³/mol. The van der Waals surface area contributed by atoms with E-state index in [-0.39, 0.29) is 49.2 Å². The van der Waals surface area contributed by atoms with Gasteiger partial charge in [0.25, 0.3) is 0 Å². The van der Waals surface area contributed by atoms with Crippen molar-refractivity contribution >= 4 is 17.7 Å². The maximum absolute atomic E-state index is 13.8. The van der Waals surface area contributed by atoms with Crippen LogP contribution in [0.15, 0.2) is 18.2 Å². The summed E-state index contributed by atoms with van der Waals surface area (Å²) in [6, 6.07) is 0.586. The second-order valence-electron chi connectivity index (χ2n) is 10.4. The van der Waals surface area contributed by atoms with Crippen molar-refractivity contribution in [1.82, 2.24) is 20.9 Å². The zero-order chi connectivity index (χ0) is 27.5. The lowest BCUT2D eigenvalue weighted by Crippen LogP contribution is -2.60. The topological polar surface area (TPSA) is 131 Å². The molecule has 37 heavy (non-hydrogen) atoms. The summed E-state index contributed by atoms with van der Waals surface area (Å²) in [7, 11) is 0. The minimum atomic E-state index is -1.17. The Hall–Kier alpha value is -2.63. The number of hydrogen-bond acceptors (Lipinski definition) is 6. The van der Waals surface area contributed by atoms with Crippen LogP contribution in [0.4, 0.5) is 8.78 Å². The van der Waals surface area contributed by atoms with Crippen LogP contribution in [-0.4, -0.2) is 81.8 Å². The van der Waals surface area contributed by atoms with E-state index < -0.39 is 53.4 Å². The summed E-state index contributed by atoms with van der Waals surface area (Å²) in [5.41, 5.74) is -0.858. The van der Waals surface area contributed by atoms with Gasteiger partial charge in [0.15, 0.2) is 0 Å². The van der Waals surface area contributed by atoms with Crippen molar-refractivity contribution in [2.24, 2.45) is 5.92 Å². The molecule has 7 atom stereocenters. The Kier molecular flexibility index (Phi) is 9.25. The Morgan fingerprint density at radius 2 is 1.89 bits per heavy atom. The summed E-state index contributed by atoms with van der Waals surface area (Å²) in [6.07, 6.45) is -0.646. The number of benzene rings is 1. The van der Waals surface area contributed by atoms with Crippen molar-refractivity contribution in [2.45, 2.75) is 89.3 Å². The van der Waals surface area contributed by atoms with Crippen LogP contribution in [0.5, 0.6) is 0 Å². The average Bonchev–Trinajstić information content (AvgIpc) is 3.40. The average molecular weight is 525 g/mol. The van der Waals surface area contributed by atoms with E-state index in [1.54, 1.807) is 6.92 Å². The molecule has 0 aromatic heterocycles. The van der Waals surface area contributed by atoms with Crippen LogP contribution in [0, 0.1) is 17.6 Å². The molecule has 5 N–H and O–H groups in total. The van der Waals surface area contributed by atoms with Gasteiger partial charge in [0.05, 0.1) is 18.2 Å². The number of nitrogens with one attached hydrogen (secondary N) is 3. The standard InChI is InChI=1S/C26H38F2N4O5/c1-5-14(2)26(31-16(4)33)6-7-32(25(26)37)15(3)24(36)30-22(23(35)21-12-20(34)13-29-21)10-17-8-18(27)11-19(28)9-17/h8-9,11,14-15,20-23,29,34-35H,5-7,10,12-13H2,1-4H3,(H,30,36)(H,31,33)/t14?,15-,20-,21+,22-,23+,26-/m0/s1. The molecule has 2 saturated heterocycles. The van der Waals surface area contributed by atoms with Gasteiger partial charge in [0.2, 0.25) is 17.7 Å². The minimum Gasteiger partial charge on any atom is -0.392 e. The number of carbonyl (C=O) groups is 3. The lowest BCUT2D eigenvalue weighted by Gasteiger charge is -2.35. The lowest BCUT2D eigenvalue weighted by atomic mass is 9.81. The number of likely N-dealkylation sites (tertiary alicyclic amines) is 1. The van der Waals surface area contributed by atoms with E-state index in [4.69, 9.17) is 0 Å². The molecule has 3 amide bonds. The Morgan fingerprint density at radius 3 is 2.43 bits per heavy atom. The summed E-state index contributed by atoms with van der Waals surface area (Å²) in [5, 5.41) is 29.5. The van der Waals surface area contributed by atoms with Crippen molar-refractivity contribution in [3.8, 4) is 0 Å². The Morgan fingerprint density at radius 1 is 1.24 bits per heavy atom. The largest absolute Gasteiger partial charge is 0.392 e. The molecule has 1 aromatic carbocycles. The van der Waals surface area contributed by atoms with E-state index in [0.29, 0.717) is 12.8 Å². The number of hydrogen-bond donors (Lipinski definition) is 5. The van der Waals surface area contributed by atoms with Gasteiger partial charge in [0, 0.05) is 32.1 Å². The van der Waals surface area contributed by atoms with Crippen LogP contribution >= 0.6 is 0 Å². The highest BCUT2D eigenvalue weighted by molar-refractivity contribution is 5.96. The molecule has 2 heterocycles. The molecule has 2 aliphatic heterocycles. The number of aliphatic hydroxyl groups is 2. The number of amides is 3. The quantitative estimate of drug-likeness (QED) is 0.305. The molecule has 0 bridgehead atoms. The molecule has 3 rings (SSSR count). The van der Waals surface area contributed by atoms with Gasteiger partial charge in [-0.2, -0.15) is 0 Å². The Labute approximate surface area is 216 Å². The van der Waals surface area contributed by atoms with Gasteiger partial charge < -0.3 is 31.1 Å². The van der Waals surface area contributed by atoms with Crippen molar-refractivity contribution < 1.29 is 33.4 Å². The number of halogens is 2. The summed E-state index contributed by atoms with van der Waals surface area (Å²) in [5.74, 6) is -2.93. The number of nitrogens with zero attached hydrogens (tertiary/aromatic N) is 1. The smallest absolute Gasteiger partial charge is 0.249 e. The fraction of sp³-hybridized carbons (Fsp3) is 0.654. The van der Waals surface area contributed by atoms with Gasteiger partial charge in [0.1, 0.15) is 23.2 Å². The monoisotopic (exact) mass is 524 g/mol. The lowest BCUT2D eigenvalue weighted by molar-refractivity contribution is -0.143. The van der Waals surface area contributed by atoms with E-state index in [2.05, 4.69) is 16.0 Å². The summed E-state index contributed by atoms with van der Waals surface area (Å²) >= 11 is 0. The molecular weight excluding hydrogens is 486 g/mol. The summed E-state index contributed by atoms with van der Waals surface area (Å²) in [4.78, 5) is 40.2. The van der Waals surface area contributed by atoms with Gasteiger partial charge >= 0.3 is 0 Å². The van der Waals surface area contributed by atoms with Crippen molar-refractivity contribution in [1.29, 1.82) is 0 Å². The third-order valence-electron chi connectivity index (χ3n) is 7.76. The van der Waals surface area contributed by atoms with Crippen molar-refractivity contribution in [2.75, 3.05) is 13.1 Å². The molecule has 9 nitrogen and oxygen atoms in total. The van der Waals surface area contributed by atoms with Crippen LogP contribution in [0.3, 0.4) is 0 Å². The highest BCUT2D eigenvalue weighted by atomic mass is 19.1. The van der Waals surface area contributed by atoms with Crippen LogP contribution < -0.4 is 16.0 Å². The minimum absolute atomic E-state index is 0.0702. The first-order chi connectivity index (χ1) is 17.4. The summed E-state index contributed by atoms with van der Waals surface area (Å²) in [6.45, 7) is 7.26. The fourth-order valence-electron chi connectivity index (χ4n) is 5.46. The zero-order valence-electron chi connectivity index (χ0n) is 21.8. The Balaban J connectivity index is 1.80. The van der Waals surface area contributed by atoms with E-state index in [1.807, 2.05) is 13.8 Å². The van der Waals surface area contributed by atoms with Gasteiger partial charge in [-0.3, -0.25) is 14.4 Å². The predicted octanol–water partition coefficient (Wildman–Crippen LogP) is 0.618. The normalized spacial score (nSPS) is 27.0. The fourth-order valence-corrected chi connectivity index (χ4v) is 5.46. The van der Waals surface area contributed by atoms with Gasteiger partial charge in [-0.25, -0.2) is 8.78 Å². The molecule has 0 aliphatic carbocycles. The van der Waals surface area contributed by atoms with E-state index in [0.717, 1.165) is 18.2 Å². The molecular formula is C26H38F2N4O5. The van der Waals surface area contributed by atoms with Crippen LogP contribution in [0.1, 0.15) is 52.5 Å². The highest BCUT2D eigenvalue weighted by Gasteiger charge is 2.52. The van der Waals surface area contributed by atoms with E-state index >= 15 is 0 Å². The van der Waals surface area contributed by atoms with Crippen molar-refractivity contribution in [3.63, 3.8) is 0 Å². The second kappa shape index (κ2) is 11.8. The molecule has 0 spiro atoms. The van der Waals surface area contributed by atoms with Crippen molar-refractivity contribution in [3.05, 3.63) is 35.4 Å². The third-order valence-corrected chi connectivity index (χ3v) is 7.76. The first-order valence-electron chi connectivity index (χ1n) is 12.8. The second-order valence-corrected chi connectivity index (χ2v) is 10.4. The maximum atomic E-state index is 13.8. The van der Waals surface area contributed by atoms with Gasteiger partial charge in [-0.1, -0.05) is 20.3 Å². The van der Waals surface area contributed by atoms with E-state index in [9.17, 15) is 33.4 Å². The number of aliphatic hydroxyl groups excluding tert-OH is 2. The number of rotatable bonds is 10. The van der Waals surface area contributed by atoms with E-state index in [1.165, 1.54) is 11.8 Å². The number of β-amino-alcohol motifs (C(OH)–C–C–N with tert-alkyl or cyclic N) is 1. The number of carbonyl (C=O) groups excluding carboxylic acids is 3. The maximum Gasteiger partial charge on any atom is 0.249 e. The molecule has 0 radical (unpaired) electrons. The first kappa shape index (κ1) is 28.9. The molecule has 11 heteroatoms. The highest BCUT2D eigenvalue weighted by Crippen LogP contribution is 2.33. The SMILES string of the molecule is CCC(C)[C@@]1(NC(C)=O)CCN([C@@H](C)C(=O)N[C@@H](Cc2cc(F)cc(F)c2)[C@H](O)[C@H]2C[C@H](O)CN2)C1=O. The van der Waals surface area contributed by atoms with Crippen LogP contribution in [0.2, 0.25) is 0 Å². The van der Waals surface area contributed by atoms with Gasteiger partial charge in [-0.15, -0.1) is 0 Å². The molecule has 0 saturated carbocycles. The molecule has 206 valence electrons. The Bertz CT molecular complexity index is 991. The zero-order valence-corrected chi connectivity index (χ0v) is 21.8. The van der Waals surface area contributed by atoms with Crippen LogP contribution in [0.25, 0.3) is 0 Å². The molecule has 1 aromatic rings. The molecule has 2 aliphatic rings. The van der Waals surface area contributed by atoms with Gasteiger partial charge in [-0.05, 0) is 49.8 Å². The third kappa shape index (κ3) is 6.45. The summed E-state index contributed by atoms with van der Waals surface area (Å²) < 4.78 is 27.6. The molecule has 2 fully saturated rings. The molecule has 1 unspecified atom stereocenters. The van der Waals surface area contributed by atoms with Crippen LogP contribution in [-0.2, 0) is 20.8 Å². The first-order valence-corrected chi connectivity index (χ1v) is 12.8.